The lowest BCUT2D eigenvalue weighted by atomic mass is 9.89. The molecule has 1 aliphatic carbocycles. The van der Waals surface area contributed by atoms with Crippen LogP contribution in [0.3, 0.4) is 0 Å². The Balaban J connectivity index is 1.56. The maximum Gasteiger partial charge on any atom is 0.266 e. The number of hydrogen-bond acceptors (Lipinski definition) is 6. The number of pyridine rings is 1. The van der Waals surface area contributed by atoms with Crippen LogP contribution in [-0.4, -0.2) is 47.8 Å². The van der Waals surface area contributed by atoms with Crippen LogP contribution in [0.2, 0.25) is 5.02 Å². The molecule has 41 heavy (non-hydrogen) atoms. The first-order chi connectivity index (χ1) is 19.7. The van der Waals surface area contributed by atoms with Crippen molar-refractivity contribution in [3.05, 3.63) is 81.5 Å². The monoisotopic (exact) mass is 597 g/mol. The van der Waals surface area contributed by atoms with Gasteiger partial charge in [-0.1, -0.05) is 17.7 Å². The van der Waals surface area contributed by atoms with Gasteiger partial charge in [-0.25, -0.2) is 8.78 Å². The summed E-state index contributed by atoms with van der Waals surface area (Å²) >= 11 is 7.43. The van der Waals surface area contributed by atoms with E-state index in [2.05, 4.69) is 10.3 Å². The van der Waals surface area contributed by atoms with E-state index in [9.17, 15) is 18.4 Å². The summed E-state index contributed by atoms with van der Waals surface area (Å²) in [5.41, 5.74) is 2.75. The van der Waals surface area contributed by atoms with Crippen LogP contribution in [0.1, 0.15) is 58.3 Å². The number of carbonyl (C=O) groups is 2. The van der Waals surface area contributed by atoms with Crippen molar-refractivity contribution in [2.45, 2.75) is 51.2 Å². The summed E-state index contributed by atoms with van der Waals surface area (Å²) < 4.78 is 35.0. The molecule has 2 heterocycles. The summed E-state index contributed by atoms with van der Waals surface area (Å²) in [6.45, 7) is 1.67. The molecule has 1 amide bonds. The van der Waals surface area contributed by atoms with E-state index in [1.54, 1.807) is 24.3 Å². The SMILES string of the molecule is CN[C@H]1CC[C@H](N(Cc2cc(-c3ccnc(C(C)=O)c3)ccc2OC)C(=O)c2sc3c(F)ccc(F)c3c2Cl)CC1. The molecule has 0 spiro atoms. The van der Waals surface area contributed by atoms with Gasteiger partial charge in [-0.15, -0.1) is 11.3 Å². The number of hydrogen-bond donors (Lipinski definition) is 1. The molecule has 214 valence electrons. The highest BCUT2D eigenvalue weighted by atomic mass is 35.5. The number of nitrogens with zero attached hydrogens (tertiary/aromatic N) is 2. The molecule has 0 unspecified atom stereocenters. The average Bonchev–Trinajstić information content (AvgIpc) is 3.35. The molecular formula is C31H30ClF2N3O3S. The largest absolute Gasteiger partial charge is 0.496 e. The second-order valence-corrected chi connectivity index (χ2v) is 11.6. The third-order valence-corrected chi connectivity index (χ3v) is 9.43. The lowest BCUT2D eigenvalue weighted by molar-refractivity contribution is 0.0604. The molecule has 1 fully saturated rings. The van der Waals surface area contributed by atoms with E-state index in [1.807, 2.05) is 31.3 Å². The quantitative estimate of drug-likeness (QED) is 0.216. The number of amides is 1. The first-order valence-electron chi connectivity index (χ1n) is 13.4. The summed E-state index contributed by atoms with van der Waals surface area (Å²) in [4.78, 5) is 32.1. The van der Waals surface area contributed by atoms with E-state index in [0.717, 1.165) is 65.8 Å². The number of aromatic nitrogens is 1. The van der Waals surface area contributed by atoms with Gasteiger partial charge in [-0.05, 0) is 80.3 Å². The van der Waals surface area contributed by atoms with Crippen molar-refractivity contribution in [1.29, 1.82) is 0 Å². The molecular weight excluding hydrogens is 568 g/mol. The minimum absolute atomic E-state index is 0.0238. The lowest BCUT2D eigenvalue weighted by Gasteiger charge is -2.37. The van der Waals surface area contributed by atoms with Crippen molar-refractivity contribution in [2.75, 3.05) is 14.2 Å². The van der Waals surface area contributed by atoms with Crippen molar-refractivity contribution in [3.8, 4) is 16.9 Å². The maximum absolute atomic E-state index is 14.7. The molecule has 0 bridgehead atoms. The Kier molecular flexibility index (Phi) is 8.68. The minimum atomic E-state index is -0.667. The zero-order valence-corrected chi connectivity index (χ0v) is 24.5. The number of rotatable bonds is 8. The van der Waals surface area contributed by atoms with E-state index >= 15 is 0 Å². The highest BCUT2D eigenvalue weighted by Gasteiger charge is 2.33. The molecule has 10 heteroatoms. The topological polar surface area (TPSA) is 71.5 Å². The Labute approximate surface area is 246 Å². The Morgan fingerprint density at radius 1 is 1.07 bits per heavy atom. The first kappa shape index (κ1) is 29.1. The molecule has 6 nitrogen and oxygen atoms in total. The van der Waals surface area contributed by atoms with E-state index in [4.69, 9.17) is 16.3 Å². The van der Waals surface area contributed by atoms with Crippen molar-refractivity contribution < 1.29 is 23.1 Å². The fourth-order valence-electron chi connectivity index (χ4n) is 5.48. The van der Waals surface area contributed by atoms with E-state index in [1.165, 1.54) is 6.92 Å². The number of Topliss-reactive ketones (excluding diaryl/α,β-unsaturated/α-hetero) is 1. The van der Waals surface area contributed by atoms with Crippen LogP contribution in [0.15, 0.2) is 48.7 Å². The van der Waals surface area contributed by atoms with Gasteiger partial charge in [0.2, 0.25) is 0 Å². The molecule has 1 saturated carbocycles. The number of ether oxygens (including phenoxy) is 1. The number of methoxy groups -OCH3 is 1. The van der Waals surface area contributed by atoms with Gasteiger partial charge in [0.25, 0.3) is 5.91 Å². The number of fused-ring (bicyclic) bond motifs is 1. The molecule has 1 N–H and O–H groups in total. The standard InChI is InChI=1S/C31H30ClF2N3O3S/c1-17(38)25-15-19(12-13-36-25)18-4-11-26(40-3)20(14-18)16-37(22-7-5-21(35-2)6-8-22)31(39)30-28(32)27-23(33)9-10-24(34)29(27)41-30/h4,9-15,21-22,35H,5-8,16H2,1-3H3/t21-,22-. The zero-order chi connectivity index (χ0) is 29.3. The maximum atomic E-state index is 14.7. The smallest absolute Gasteiger partial charge is 0.266 e. The number of carbonyl (C=O) groups excluding carboxylic acids is 2. The van der Waals surface area contributed by atoms with Crippen LogP contribution in [0, 0.1) is 11.6 Å². The summed E-state index contributed by atoms with van der Waals surface area (Å²) in [7, 11) is 3.50. The predicted molar refractivity (Wildman–Crippen MR) is 158 cm³/mol. The number of thiophene rings is 1. The first-order valence-corrected chi connectivity index (χ1v) is 14.6. The summed E-state index contributed by atoms with van der Waals surface area (Å²) in [5.74, 6) is -1.21. The average molecular weight is 598 g/mol. The molecule has 0 aliphatic heterocycles. The normalized spacial score (nSPS) is 17.0. The van der Waals surface area contributed by atoms with Crippen LogP contribution < -0.4 is 10.1 Å². The summed E-state index contributed by atoms with van der Waals surface area (Å²) in [5, 5.41) is 3.17. The zero-order valence-electron chi connectivity index (χ0n) is 23.0. The molecule has 5 rings (SSSR count). The van der Waals surface area contributed by atoms with E-state index in [0.29, 0.717) is 17.5 Å². The lowest BCUT2D eigenvalue weighted by Crippen LogP contribution is -2.44. The van der Waals surface area contributed by atoms with Crippen LogP contribution in [0.4, 0.5) is 8.78 Å². The number of halogens is 3. The Morgan fingerprint density at radius 3 is 2.44 bits per heavy atom. The van der Waals surface area contributed by atoms with Crippen LogP contribution >= 0.6 is 22.9 Å². The predicted octanol–water partition coefficient (Wildman–Crippen LogP) is 7.28. The molecule has 1 aliphatic rings. The minimum Gasteiger partial charge on any atom is -0.496 e. The summed E-state index contributed by atoms with van der Waals surface area (Å²) in [6.07, 6.45) is 4.88. The van der Waals surface area contributed by atoms with Gasteiger partial charge < -0.3 is 15.0 Å². The van der Waals surface area contributed by atoms with Crippen molar-refractivity contribution in [3.63, 3.8) is 0 Å². The molecule has 2 aromatic heterocycles. The molecule has 0 saturated heterocycles. The molecule has 0 atom stereocenters. The van der Waals surface area contributed by atoms with Gasteiger partial charge in [0.05, 0.1) is 22.2 Å². The fourth-order valence-corrected chi connectivity index (χ4v) is 6.98. The van der Waals surface area contributed by atoms with Gasteiger partial charge in [0, 0.05) is 37.3 Å². The van der Waals surface area contributed by atoms with E-state index < -0.39 is 11.6 Å². The second kappa shape index (κ2) is 12.2. The highest BCUT2D eigenvalue weighted by Crippen LogP contribution is 2.40. The second-order valence-electron chi connectivity index (χ2n) is 10.2. The molecule has 2 aromatic carbocycles. The van der Waals surface area contributed by atoms with Gasteiger partial charge in [-0.2, -0.15) is 0 Å². The third kappa shape index (κ3) is 5.84. The van der Waals surface area contributed by atoms with Gasteiger partial charge in [0.15, 0.2) is 5.78 Å². The Bertz CT molecular complexity index is 1620. The van der Waals surface area contributed by atoms with Crippen molar-refractivity contribution >= 4 is 44.7 Å². The van der Waals surface area contributed by atoms with Crippen molar-refractivity contribution in [1.82, 2.24) is 15.2 Å². The van der Waals surface area contributed by atoms with Crippen LogP contribution in [0.5, 0.6) is 5.75 Å². The Hall–Kier alpha value is -3.40. The highest BCUT2D eigenvalue weighted by molar-refractivity contribution is 7.21. The fraction of sp³-hybridized carbons (Fsp3) is 0.323. The summed E-state index contributed by atoms with van der Waals surface area (Å²) in [6, 6.07) is 11.5. The van der Waals surface area contributed by atoms with Gasteiger partial charge in [0.1, 0.15) is 28.0 Å². The Morgan fingerprint density at radius 2 is 1.78 bits per heavy atom. The van der Waals surface area contributed by atoms with E-state index in [-0.39, 0.29) is 44.3 Å². The number of ketones is 1. The molecule has 4 aromatic rings. The van der Waals surface area contributed by atoms with Crippen LogP contribution in [-0.2, 0) is 6.54 Å². The number of nitrogens with one attached hydrogen (secondary N) is 1. The van der Waals surface area contributed by atoms with Gasteiger partial charge >= 0.3 is 0 Å². The van der Waals surface area contributed by atoms with Gasteiger partial charge in [-0.3, -0.25) is 14.6 Å². The third-order valence-electron chi connectivity index (χ3n) is 7.76. The van der Waals surface area contributed by atoms with Crippen LogP contribution in [0.25, 0.3) is 21.2 Å². The molecule has 0 radical (unpaired) electrons. The van der Waals surface area contributed by atoms with Crippen molar-refractivity contribution in [2.24, 2.45) is 0 Å². The number of benzene rings is 2.